The molecule has 3 atom stereocenters. The summed E-state index contributed by atoms with van der Waals surface area (Å²) in [5.41, 5.74) is 11.0. The normalized spacial score (nSPS) is 31.4. The van der Waals surface area contributed by atoms with Gasteiger partial charge in [-0.2, -0.15) is 0 Å². The van der Waals surface area contributed by atoms with E-state index >= 15 is 0 Å². The van der Waals surface area contributed by atoms with Crippen LogP contribution in [-0.2, 0) is 4.79 Å². The smallest absolute Gasteiger partial charge is 0.234 e. The molecule has 1 amide bonds. The summed E-state index contributed by atoms with van der Waals surface area (Å²) < 4.78 is 0. The first-order chi connectivity index (χ1) is 6.56. The highest BCUT2D eigenvalue weighted by Crippen LogP contribution is 2.23. The molecule has 0 radical (unpaired) electrons. The van der Waals surface area contributed by atoms with E-state index in [1.54, 1.807) is 0 Å². The van der Waals surface area contributed by atoms with Crippen LogP contribution in [-0.4, -0.2) is 36.5 Å². The first-order valence-corrected chi connectivity index (χ1v) is 5.29. The monoisotopic (exact) mass is 199 g/mol. The molecule has 1 rings (SSSR count). The third-order valence-electron chi connectivity index (χ3n) is 3.41. The highest BCUT2D eigenvalue weighted by Gasteiger charge is 2.29. The molecular weight excluding hydrogens is 178 g/mol. The lowest BCUT2D eigenvalue weighted by molar-refractivity contribution is -0.123. The van der Waals surface area contributed by atoms with Gasteiger partial charge in [0.25, 0.3) is 0 Å². The highest BCUT2D eigenvalue weighted by atomic mass is 16.1. The number of likely N-dealkylation sites (tertiary alicyclic amines) is 1. The molecule has 1 heterocycles. The fourth-order valence-corrected chi connectivity index (χ4v) is 2.02. The molecular formula is C10H21N3O. The van der Waals surface area contributed by atoms with Gasteiger partial charge in [-0.25, -0.2) is 0 Å². The summed E-state index contributed by atoms with van der Waals surface area (Å²) in [5, 5.41) is 0. The fraction of sp³-hybridized carbons (Fsp3) is 0.900. The van der Waals surface area contributed by atoms with Gasteiger partial charge in [-0.3, -0.25) is 9.69 Å². The van der Waals surface area contributed by atoms with Crippen molar-refractivity contribution < 1.29 is 4.79 Å². The minimum absolute atomic E-state index is 0.156. The van der Waals surface area contributed by atoms with E-state index in [0.29, 0.717) is 18.4 Å². The van der Waals surface area contributed by atoms with Gasteiger partial charge in [0.2, 0.25) is 5.91 Å². The third-order valence-corrected chi connectivity index (χ3v) is 3.41. The minimum Gasteiger partial charge on any atom is -0.368 e. The number of hydrogen-bond acceptors (Lipinski definition) is 3. The van der Waals surface area contributed by atoms with Crippen LogP contribution in [0.2, 0.25) is 0 Å². The molecule has 0 aliphatic carbocycles. The van der Waals surface area contributed by atoms with E-state index in [-0.39, 0.29) is 11.9 Å². The van der Waals surface area contributed by atoms with Gasteiger partial charge in [0.1, 0.15) is 0 Å². The van der Waals surface area contributed by atoms with E-state index in [0.717, 1.165) is 19.5 Å². The van der Waals surface area contributed by atoms with E-state index in [9.17, 15) is 4.79 Å². The number of hydrogen-bond donors (Lipinski definition) is 2. The van der Waals surface area contributed by atoms with E-state index in [2.05, 4.69) is 11.8 Å². The van der Waals surface area contributed by atoms with Gasteiger partial charge in [-0.1, -0.05) is 6.92 Å². The molecule has 4 nitrogen and oxygen atoms in total. The Kier molecular flexibility index (Phi) is 3.89. The number of amides is 1. The van der Waals surface area contributed by atoms with Crippen LogP contribution in [0.5, 0.6) is 0 Å². The maximum absolute atomic E-state index is 11.0. The Bertz CT molecular complexity index is 208. The molecule has 1 fully saturated rings. The molecule has 3 unspecified atom stereocenters. The number of nitrogens with zero attached hydrogens (tertiary/aromatic N) is 1. The fourth-order valence-electron chi connectivity index (χ4n) is 2.02. The van der Waals surface area contributed by atoms with Gasteiger partial charge in [0.05, 0.1) is 6.04 Å². The molecule has 0 bridgehead atoms. The summed E-state index contributed by atoms with van der Waals surface area (Å²) in [6, 6.07) is -0.156. The number of carbonyl (C=O) groups excluding carboxylic acids is 1. The number of primary amides is 1. The molecule has 1 aliphatic rings. The number of piperidine rings is 1. The number of carbonyl (C=O) groups is 1. The lowest BCUT2D eigenvalue weighted by Gasteiger charge is -2.38. The Labute approximate surface area is 85.6 Å². The maximum Gasteiger partial charge on any atom is 0.234 e. The molecule has 0 spiro atoms. The number of nitrogens with two attached hydrogens (primary N) is 2. The maximum atomic E-state index is 11.0. The average Bonchev–Trinajstić information content (AvgIpc) is 2.17. The third kappa shape index (κ3) is 2.45. The summed E-state index contributed by atoms with van der Waals surface area (Å²) in [6.07, 6.45) is 1.11. The Morgan fingerprint density at radius 1 is 1.64 bits per heavy atom. The summed E-state index contributed by atoms with van der Waals surface area (Å²) in [4.78, 5) is 13.2. The van der Waals surface area contributed by atoms with E-state index in [1.165, 1.54) is 0 Å². The topological polar surface area (TPSA) is 72.3 Å². The highest BCUT2D eigenvalue weighted by molar-refractivity contribution is 5.79. The molecule has 0 saturated carbocycles. The second kappa shape index (κ2) is 4.75. The van der Waals surface area contributed by atoms with Crippen molar-refractivity contribution in [2.24, 2.45) is 23.3 Å². The van der Waals surface area contributed by atoms with Gasteiger partial charge < -0.3 is 11.5 Å². The van der Waals surface area contributed by atoms with Crippen molar-refractivity contribution >= 4 is 5.91 Å². The van der Waals surface area contributed by atoms with Crippen molar-refractivity contribution in [3.63, 3.8) is 0 Å². The largest absolute Gasteiger partial charge is 0.368 e. The van der Waals surface area contributed by atoms with Crippen molar-refractivity contribution in [2.45, 2.75) is 26.3 Å². The summed E-state index contributed by atoms with van der Waals surface area (Å²) >= 11 is 0. The van der Waals surface area contributed by atoms with Gasteiger partial charge in [0.15, 0.2) is 0 Å². The van der Waals surface area contributed by atoms with Crippen molar-refractivity contribution in [2.75, 3.05) is 19.6 Å². The lowest BCUT2D eigenvalue weighted by Crippen LogP contribution is -2.50. The number of rotatable bonds is 3. The van der Waals surface area contributed by atoms with Gasteiger partial charge in [-0.05, 0) is 38.3 Å². The molecule has 4 N–H and O–H groups in total. The van der Waals surface area contributed by atoms with Crippen molar-refractivity contribution in [3.05, 3.63) is 0 Å². The standard InChI is InChI=1S/C10H21N3O/c1-7-3-4-13(6-9(7)5-11)8(2)10(12)14/h7-9H,3-6,11H2,1-2H3,(H2,12,14). The Balaban J connectivity index is 2.54. The second-order valence-corrected chi connectivity index (χ2v) is 4.34. The summed E-state index contributed by atoms with van der Waals surface area (Å²) in [5.74, 6) is 0.928. The zero-order valence-corrected chi connectivity index (χ0v) is 9.07. The molecule has 4 heteroatoms. The summed E-state index contributed by atoms with van der Waals surface area (Å²) in [6.45, 7) is 6.66. The zero-order chi connectivity index (χ0) is 10.7. The molecule has 1 aliphatic heterocycles. The first-order valence-electron chi connectivity index (χ1n) is 5.29. The lowest BCUT2D eigenvalue weighted by atomic mass is 9.86. The minimum atomic E-state index is -0.240. The predicted molar refractivity (Wildman–Crippen MR) is 56.6 cm³/mol. The van der Waals surface area contributed by atoms with Crippen molar-refractivity contribution in [3.8, 4) is 0 Å². The summed E-state index contributed by atoms with van der Waals surface area (Å²) in [7, 11) is 0. The van der Waals surface area contributed by atoms with Crippen molar-refractivity contribution in [1.82, 2.24) is 4.90 Å². The first kappa shape index (κ1) is 11.5. The van der Waals surface area contributed by atoms with E-state index < -0.39 is 0 Å². The van der Waals surface area contributed by atoms with Crippen LogP contribution in [0.25, 0.3) is 0 Å². The SMILES string of the molecule is CC1CCN(C(C)C(N)=O)CC1CN. The van der Waals surface area contributed by atoms with Crippen LogP contribution < -0.4 is 11.5 Å². The Hall–Kier alpha value is -0.610. The second-order valence-electron chi connectivity index (χ2n) is 4.34. The Morgan fingerprint density at radius 3 is 2.79 bits per heavy atom. The quantitative estimate of drug-likeness (QED) is 0.660. The van der Waals surface area contributed by atoms with Gasteiger partial charge in [-0.15, -0.1) is 0 Å². The van der Waals surface area contributed by atoms with Crippen LogP contribution in [0.3, 0.4) is 0 Å². The zero-order valence-electron chi connectivity index (χ0n) is 9.07. The predicted octanol–water partition coefficient (Wildman–Crippen LogP) is -0.223. The molecule has 0 aromatic rings. The van der Waals surface area contributed by atoms with E-state index in [1.807, 2.05) is 6.92 Å². The van der Waals surface area contributed by atoms with Crippen LogP contribution in [0.15, 0.2) is 0 Å². The molecule has 14 heavy (non-hydrogen) atoms. The molecule has 0 aromatic carbocycles. The molecule has 0 aromatic heterocycles. The molecule has 82 valence electrons. The van der Waals surface area contributed by atoms with Gasteiger partial charge >= 0.3 is 0 Å². The molecule has 1 saturated heterocycles. The van der Waals surface area contributed by atoms with Crippen LogP contribution >= 0.6 is 0 Å². The van der Waals surface area contributed by atoms with Crippen LogP contribution in [0, 0.1) is 11.8 Å². The van der Waals surface area contributed by atoms with Crippen LogP contribution in [0.1, 0.15) is 20.3 Å². The van der Waals surface area contributed by atoms with Crippen LogP contribution in [0.4, 0.5) is 0 Å². The van der Waals surface area contributed by atoms with Crippen molar-refractivity contribution in [1.29, 1.82) is 0 Å². The Morgan fingerprint density at radius 2 is 2.29 bits per heavy atom. The average molecular weight is 199 g/mol. The van der Waals surface area contributed by atoms with Gasteiger partial charge in [0, 0.05) is 6.54 Å². The van der Waals surface area contributed by atoms with E-state index in [4.69, 9.17) is 11.5 Å².